The fourth-order valence-corrected chi connectivity index (χ4v) is 2.24. The predicted molar refractivity (Wildman–Crippen MR) is 73.2 cm³/mol. The summed E-state index contributed by atoms with van der Waals surface area (Å²) in [6.45, 7) is 6.66. The Morgan fingerprint density at radius 2 is 1.95 bits per heavy atom. The highest BCUT2D eigenvalue weighted by Gasteiger charge is 2.53. The Morgan fingerprint density at radius 1 is 1.35 bits per heavy atom. The number of rotatable bonds is 1. The highest BCUT2D eigenvalue weighted by Crippen LogP contribution is 2.45. The largest absolute Gasteiger partial charge is 0.443 e. The number of carbonyl (C=O) groups excluding carboxylic acids is 2. The molecule has 0 saturated heterocycles. The van der Waals surface area contributed by atoms with Gasteiger partial charge in [0.25, 0.3) is 5.91 Å². The van der Waals surface area contributed by atoms with Gasteiger partial charge in [-0.15, -0.1) is 0 Å². The van der Waals surface area contributed by atoms with E-state index in [-0.39, 0.29) is 17.7 Å². The van der Waals surface area contributed by atoms with Crippen molar-refractivity contribution >= 4 is 17.7 Å². The average molecular weight is 279 g/mol. The van der Waals surface area contributed by atoms with E-state index >= 15 is 0 Å². The van der Waals surface area contributed by atoms with Gasteiger partial charge in [-0.25, -0.2) is 14.1 Å². The van der Waals surface area contributed by atoms with Gasteiger partial charge in [-0.1, -0.05) is 25.1 Å². The first-order chi connectivity index (χ1) is 9.20. The van der Waals surface area contributed by atoms with Crippen LogP contribution in [-0.4, -0.2) is 17.6 Å². The molecule has 0 bridgehead atoms. The molecule has 0 radical (unpaired) electrons. The molecular formula is C15H18FNO3. The van der Waals surface area contributed by atoms with E-state index in [1.807, 2.05) is 0 Å². The second kappa shape index (κ2) is 4.58. The summed E-state index contributed by atoms with van der Waals surface area (Å²) in [6.07, 6.45) is -0.870. The topological polar surface area (TPSA) is 46.6 Å². The summed E-state index contributed by atoms with van der Waals surface area (Å²) in [6, 6.07) is 6.38. The van der Waals surface area contributed by atoms with Crippen molar-refractivity contribution in [2.75, 3.05) is 4.90 Å². The average Bonchev–Trinajstić information content (AvgIpc) is 2.58. The highest BCUT2D eigenvalue weighted by atomic mass is 19.1. The second-order valence-electron chi connectivity index (χ2n) is 5.79. The zero-order valence-electron chi connectivity index (χ0n) is 12.1. The molecule has 2 amide bonds. The molecule has 1 aromatic rings. The minimum absolute atomic E-state index is 0.0257. The summed E-state index contributed by atoms with van der Waals surface area (Å²) in [5, 5.41) is 0. The lowest BCUT2D eigenvalue weighted by molar-refractivity contribution is -0.129. The van der Waals surface area contributed by atoms with Crippen LogP contribution in [-0.2, 0) is 15.2 Å². The van der Waals surface area contributed by atoms with Gasteiger partial charge in [-0.2, -0.15) is 0 Å². The molecule has 0 aromatic heterocycles. The summed E-state index contributed by atoms with van der Waals surface area (Å²) < 4.78 is 20.1. The number of halogens is 1. The lowest BCUT2D eigenvalue weighted by Gasteiger charge is -2.24. The molecule has 1 aliphatic heterocycles. The molecule has 2 rings (SSSR count). The first-order valence-corrected chi connectivity index (χ1v) is 6.56. The van der Waals surface area contributed by atoms with E-state index in [9.17, 15) is 14.0 Å². The lowest BCUT2D eigenvalue weighted by Crippen LogP contribution is -2.43. The number of carbonyl (C=O) groups is 2. The number of nitrogens with zero attached hydrogens (tertiary/aromatic N) is 1. The Bertz CT molecular complexity index is 564. The van der Waals surface area contributed by atoms with Crippen molar-refractivity contribution in [1.82, 2.24) is 0 Å². The van der Waals surface area contributed by atoms with Gasteiger partial charge in [0.15, 0.2) is 0 Å². The Hall–Kier alpha value is -1.91. The summed E-state index contributed by atoms with van der Waals surface area (Å²) in [5.41, 5.74) is -2.43. The fraction of sp³-hybridized carbons (Fsp3) is 0.467. The van der Waals surface area contributed by atoms with Gasteiger partial charge in [0.05, 0.1) is 5.69 Å². The monoisotopic (exact) mass is 279 g/mol. The maximum Gasteiger partial charge on any atom is 0.421 e. The molecule has 1 aliphatic rings. The van der Waals surface area contributed by atoms with Crippen LogP contribution in [0.2, 0.25) is 0 Å². The van der Waals surface area contributed by atoms with Crippen molar-refractivity contribution in [2.45, 2.75) is 45.4 Å². The molecule has 1 heterocycles. The first-order valence-electron chi connectivity index (χ1n) is 6.56. The number of imide groups is 1. The Labute approximate surface area is 117 Å². The van der Waals surface area contributed by atoms with Crippen molar-refractivity contribution in [3.63, 3.8) is 0 Å². The smallest absolute Gasteiger partial charge is 0.421 e. The molecule has 0 N–H and O–H groups in total. The third kappa shape index (κ3) is 2.17. The zero-order valence-corrected chi connectivity index (χ0v) is 12.1. The van der Waals surface area contributed by atoms with E-state index in [2.05, 4.69) is 0 Å². The van der Waals surface area contributed by atoms with E-state index in [1.165, 1.54) is 6.07 Å². The van der Waals surface area contributed by atoms with Crippen LogP contribution in [0.1, 0.15) is 39.7 Å². The van der Waals surface area contributed by atoms with E-state index < -0.39 is 23.3 Å². The van der Waals surface area contributed by atoms with Crippen LogP contribution in [0.15, 0.2) is 24.3 Å². The van der Waals surface area contributed by atoms with Gasteiger partial charge in [0, 0.05) is 5.56 Å². The zero-order chi connectivity index (χ0) is 15.1. The van der Waals surface area contributed by atoms with Crippen molar-refractivity contribution in [3.8, 4) is 0 Å². The van der Waals surface area contributed by atoms with E-state index in [1.54, 1.807) is 45.9 Å². The van der Waals surface area contributed by atoms with Crippen LogP contribution in [0.25, 0.3) is 0 Å². The lowest BCUT2D eigenvalue weighted by atomic mass is 9.95. The van der Waals surface area contributed by atoms with Gasteiger partial charge in [-0.3, -0.25) is 4.79 Å². The minimum Gasteiger partial charge on any atom is -0.443 e. The number of ether oxygens (including phenoxy) is 1. The molecule has 0 aliphatic carbocycles. The molecule has 1 unspecified atom stereocenters. The quantitative estimate of drug-likeness (QED) is 0.790. The highest BCUT2D eigenvalue weighted by molar-refractivity contribution is 6.20. The molecule has 108 valence electrons. The van der Waals surface area contributed by atoms with Gasteiger partial charge in [0.2, 0.25) is 5.67 Å². The predicted octanol–water partition coefficient (Wildman–Crippen LogP) is 3.54. The van der Waals surface area contributed by atoms with Crippen LogP contribution >= 0.6 is 0 Å². The molecule has 1 atom stereocenters. The Morgan fingerprint density at radius 3 is 2.50 bits per heavy atom. The maximum atomic E-state index is 14.9. The number of amides is 2. The SMILES string of the molecule is CCC1(F)C(=O)N(C(=O)OC(C)(C)C)c2ccccc21. The Kier molecular flexibility index (Phi) is 3.32. The number of alkyl halides is 1. The van der Waals surface area contributed by atoms with Gasteiger partial charge >= 0.3 is 6.09 Å². The van der Waals surface area contributed by atoms with Crippen molar-refractivity contribution in [2.24, 2.45) is 0 Å². The number of hydrogen-bond donors (Lipinski definition) is 0. The standard InChI is InChI=1S/C15H18FNO3/c1-5-15(16)10-8-6-7-9-11(10)17(12(15)18)13(19)20-14(2,3)4/h6-9H,5H2,1-4H3. The van der Waals surface area contributed by atoms with Crippen molar-refractivity contribution in [3.05, 3.63) is 29.8 Å². The van der Waals surface area contributed by atoms with E-state index in [0.29, 0.717) is 0 Å². The number of benzene rings is 1. The van der Waals surface area contributed by atoms with Crippen LogP contribution < -0.4 is 4.90 Å². The summed E-state index contributed by atoms with van der Waals surface area (Å²) in [4.78, 5) is 25.2. The van der Waals surface area contributed by atoms with Crippen LogP contribution in [0.4, 0.5) is 14.9 Å². The molecule has 0 spiro atoms. The molecule has 4 nitrogen and oxygen atoms in total. The van der Waals surface area contributed by atoms with Gasteiger partial charge < -0.3 is 4.74 Å². The minimum atomic E-state index is -2.16. The molecule has 0 fully saturated rings. The molecule has 0 saturated carbocycles. The maximum absolute atomic E-state index is 14.9. The van der Waals surface area contributed by atoms with Crippen LogP contribution in [0, 0.1) is 0 Å². The summed E-state index contributed by atoms with van der Waals surface area (Å²) in [5.74, 6) is -0.879. The van der Waals surface area contributed by atoms with Gasteiger partial charge in [0.1, 0.15) is 5.60 Å². The van der Waals surface area contributed by atoms with Crippen LogP contribution in [0.5, 0.6) is 0 Å². The number of hydrogen-bond acceptors (Lipinski definition) is 3. The number of anilines is 1. The summed E-state index contributed by atoms with van der Waals surface area (Å²) in [7, 11) is 0. The van der Waals surface area contributed by atoms with Crippen molar-refractivity contribution in [1.29, 1.82) is 0 Å². The molecule has 5 heteroatoms. The first kappa shape index (κ1) is 14.5. The second-order valence-corrected chi connectivity index (χ2v) is 5.79. The number of para-hydroxylation sites is 1. The van der Waals surface area contributed by atoms with Gasteiger partial charge in [-0.05, 0) is 33.3 Å². The molecule has 20 heavy (non-hydrogen) atoms. The molecular weight excluding hydrogens is 261 g/mol. The van der Waals surface area contributed by atoms with Crippen molar-refractivity contribution < 1.29 is 18.7 Å². The normalized spacial score (nSPS) is 21.9. The number of fused-ring (bicyclic) bond motifs is 1. The Balaban J connectivity index is 2.46. The molecule has 1 aromatic carbocycles. The van der Waals surface area contributed by atoms with E-state index in [0.717, 1.165) is 4.90 Å². The summed E-state index contributed by atoms with van der Waals surface area (Å²) >= 11 is 0. The third-order valence-corrected chi connectivity index (χ3v) is 3.18. The van der Waals surface area contributed by atoms with E-state index in [4.69, 9.17) is 4.74 Å². The fourth-order valence-electron chi connectivity index (χ4n) is 2.24. The van der Waals surface area contributed by atoms with Crippen LogP contribution in [0.3, 0.4) is 0 Å². The third-order valence-electron chi connectivity index (χ3n) is 3.18.